The van der Waals surface area contributed by atoms with Gasteiger partial charge in [-0.05, 0) is 107 Å². The lowest BCUT2D eigenvalue weighted by Gasteiger charge is -2.37. The molecule has 5 rings (SSSR count). The number of benzene rings is 2. The van der Waals surface area contributed by atoms with Crippen molar-refractivity contribution in [3.05, 3.63) is 65.0 Å². The Bertz CT molecular complexity index is 1710. The second-order valence-electron chi connectivity index (χ2n) is 14.6. The van der Waals surface area contributed by atoms with Gasteiger partial charge in [0.2, 0.25) is 0 Å². The van der Waals surface area contributed by atoms with E-state index in [1.807, 2.05) is 33.8 Å². The Balaban J connectivity index is 1.38. The SMILES string of the molecule is Cc1ccc(S(=O)(=O)OCCC(C)c2c(O[C@H]3CC[C@H](NC(=O)OC(C)(C)C)CC3)ccc3c2CC(C)(C)c2c(N)ncnc2-3)cc1. The van der Waals surface area contributed by atoms with Gasteiger partial charge in [-0.25, -0.2) is 14.8 Å². The van der Waals surface area contributed by atoms with E-state index in [4.69, 9.17) is 19.4 Å². The molecule has 2 aliphatic carbocycles. The molecule has 1 fully saturated rings. The minimum Gasteiger partial charge on any atom is -0.490 e. The molecule has 1 aromatic heterocycles. The van der Waals surface area contributed by atoms with E-state index in [1.165, 1.54) is 6.33 Å². The average molecular weight is 665 g/mol. The standard InChI is InChI=1S/C36H48N4O6S/c1-22-8-14-26(15-9-22)47(42,43)44-19-18-23(2)30-28-20-36(6,7)31-32(38-21-39-33(31)37)27(28)16-17-29(30)45-25-12-10-24(11-13-25)40-34(41)46-35(3,4)5/h8-9,14-17,21,23-25H,10-13,18-20H2,1-7H3,(H,40,41)(H2,37,38,39)/t23?,24-,25-. The number of aryl methyl sites for hydroxylation is 1. The number of hydrogen-bond donors (Lipinski definition) is 2. The zero-order valence-corrected chi connectivity index (χ0v) is 29.4. The molecule has 11 heteroatoms. The molecule has 0 spiro atoms. The van der Waals surface area contributed by atoms with Crippen LogP contribution in [-0.2, 0) is 30.9 Å². The largest absolute Gasteiger partial charge is 0.490 e. The molecular formula is C36H48N4O6S. The zero-order chi connectivity index (χ0) is 34.1. The molecule has 0 aliphatic heterocycles. The summed E-state index contributed by atoms with van der Waals surface area (Å²) < 4.78 is 43.6. The van der Waals surface area contributed by atoms with Crippen LogP contribution in [0.25, 0.3) is 11.3 Å². The maximum absolute atomic E-state index is 12.9. The van der Waals surface area contributed by atoms with E-state index in [0.717, 1.165) is 64.9 Å². The van der Waals surface area contributed by atoms with E-state index in [1.54, 1.807) is 24.3 Å². The Morgan fingerprint density at radius 3 is 2.40 bits per heavy atom. The van der Waals surface area contributed by atoms with Crippen LogP contribution >= 0.6 is 0 Å². The van der Waals surface area contributed by atoms with Gasteiger partial charge in [-0.1, -0.05) is 38.5 Å². The molecule has 47 heavy (non-hydrogen) atoms. The molecule has 3 aromatic rings. The first-order chi connectivity index (χ1) is 22.0. The van der Waals surface area contributed by atoms with Gasteiger partial charge in [0.1, 0.15) is 23.5 Å². The van der Waals surface area contributed by atoms with E-state index in [2.05, 4.69) is 42.1 Å². The number of nitrogen functional groups attached to an aromatic ring is 1. The van der Waals surface area contributed by atoms with Crippen LogP contribution in [0.5, 0.6) is 5.75 Å². The van der Waals surface area contributed by atoms with Crippen LogP contribution in [0.4, 0.5) is 10.6 Å². The molecular weight excluding hydrogens is 616 g/mol. The van der Waals surface area contributed by atoms with Crippen LogP contribution in [0.1, 0.15) is 102 Å². The number of aromatic nitrogens is 2. The third-order valence-corrected chi connectivity index (χ3v) is 10.4. The average Bonchev–Trinajstić information content (AvgIpc) is 2.96. The van der Waals surface area contributed by atoms with Crippen LogP contribution in [-0.4, -0.2) is 48.8 Å². The van der Waals surface area contributed by atoms with Crippen LogP contribution < -0.4 is 15.8 Å². The summed E-state index contributed by atoms with van der Waals surface area (Å²) in [5.74, 6) is 1.17. The number of alkyl carbamates (subject to hydrolysis) is 1. The smallest absolute Gasteiger partial charge is 0.407 e. The van der Waals surface area contributed by atoms with Gasteiger partial charge < -0.3 is 20.5 Å². The summed E-state index contributed by atoms with van der Waals surface area (Å²) in [6.45, 7) is 13.9. The first-order valence-corrected chi connectivity index (χ1v) is 17.8. The summed E-state index contributed by atoms with van der Waals surface area (Å²) in [6.07, 6.45) is 5.34. The van der Waals surface area contributed by atoms with E-state index < -0.39 is 21.8 Å². The van der Waals surface area contributed by atoms with Gasteiger partial charge in [-0.15, -0.1) is 0 Å². The summed E-state index contributed by atoms with van der Waals surface area (Å²) in [5.41, 5.74) is 11.4. The van der Waals surface area contributed by atoms with Gasteiger partial charge in [-0.3, -0.25) is 4.18 Å². The predicted molar refractivity (Wildman–Crippen MR) is 182 cm³/mol. The van der Waals surface area contributed by atoms with Crippen LogP contribution in [0.15, 0.2) is 47.6 Å². The van der Waals surface area contributed by atoms with Crippen molar-refractivity contribution in [3.8, 4) is 17.0 Å². The molecule has 1 atom stereocenters. The first-order valence-electron chi connectivity index (χ1n) is 16.4. The van der Waals surface area contributed by atoms with Crippen molar-refractivity contribution in [3.63, 3.8) is 0 Å². The van der Waals surface area contributed by atoms with E-state index in [0.29, 0.717) is 18.7 Å². The number of amides is 1. The molecule has 1 heterocycles. The van der Waals surface area contributed by atoms with Gasteiger partial charge in [-0.2, -0.15) is 8.42 Å². The van der Waals surface area contributed by atoms with Crippen molar-refractivity contribution in [1.29, 1.82) is 0 Å². The van der Waals surface area contributed by atoms with Crippen molar-refractivity contribution < 1.29 is 26.9 Å². The Labute approximate surface area is 278 Å². The maximum atomic E-state index is 12.9. The molecule has 1 unspecified atom stereocenters. The topological polar surface area (TPSA) is 143 Å². The summed E-state index contributed by atoms with van der Waals surface area (Å²) in [5, 5.41) is 3.00. The Hall–Kier alpha value is -3.70. The Morgan fingerprint density at radius 1 is 1.06 bits per heavy atom. The summed E-state index contributed by atoms with van der Waals surface area (Å²) in [7, 11) is -3.89. The summed E-state index contributed by atoms with van der Waals surface area (Å²) >= 11 is 0. The molecule has 2 aliphatic rings. The molecule has 10 nitrogen and oxygen atoms in total. The third kappa shape index (κ3) is 8.06. The third-order valence-electron chi connectivity index (χ3n) is 9.02. The number of anilines is 1. The molecule has 0 saturated heterocycles. The molecule has 254 valence electrons. The number of carbonyl (C=O) groups excluding carboxylic acids is 1. The van der Waals surface area contributed by atoms with Crippen molar-refractivity contribution in [1.82, 2.24) is 15.3 Å². The van der Waals surface area contributed by atoms with E-state index >= 15 is 0 Å². The fourth-order valence-corrected chi connectivity index (χ4v) is 7.65. The number of carbonyl (C=O) groups is 1. The lowest BCUT2D eigenvalue weighted by molar-refractivity contribution is 0.0470. The van der Waals surface area contributed by atoms with E-state index in [-0.39, 0.29) is 35.0 Å². The number of rotatable bonds is 9. The van der Waals surface area contributed by atoms with Gasteiger partial charge in [0.05, 0.1) is 23.3 Å². The highest BCUT2D eigenvalue weighted by atomic mass is 32.2. The maximum Gasteiger partial charge on any atom is 0.407 e. The number of nitrogens with zero attached hydrogens (tertiary/aromatic N) is 2. The minimum atomic E-state index is -3.89. The lowest BCUT2D eigenvalue weighted by Crippen LogP contribution is -2.42. The summed E-state index contributed by atoms with van der Waals surface area (Å²) in [4.78, 5) is 21.4. The fraction of sp³-hybridized carbons (Fsp3) is 0.528. The van der Waals surface area contributed by atoms with Crippen LogP contribution in [0.3, 0.4) is 0 Å². The lowest BCUT2D eigenvalue weighted by atomic mass is 9.69. The molecule has 1 saturated carbocycles. The van der Waals surface area contributed by atoms with Crippen LogP contribution in [0, 0.1) is 6.92 Å². The van der Waals surface area contributed by atoms with Gasteiger partial charge >= 0.3 is 6.09 Å². The van der Waals surface area contributed by atoms with Crippen molar-refractivity contribution in [2.75, 3.05) is 12.3 Å². The first kappa shape index (κ1) is 34.6. The predicted octanol–water partition coefficient (Wildman–Crippen LogP) is 6.98. The molecule has 1 amide bonds. The number of hydrogen-bond acceptors (Lipinski definition) is 9. The van der Waals surface area contributed by atoms with Crippen molar-refractivity contribution in [2.45, 2.75) is 121 Å². The highest BCUT2D eigenvalue weighted by Crippen LogP contribution is 2.49. The molecule has 3 N–H and O–H groups in total. The molecule has 2 aromatic carbocycles. The number of fused-ring (bicyclic) bond motifs is 3. The number of ether oxygens (including phenoxy) is 2. The van der Waals surface area contributed by atoms with Gasteiger partial charge in [0.15, 0.2) is 0 Å². The quantitative estimate of drug-likeness (QED) is 0.232. The van der Waals surface area contributed by atoms with E-state index in [9.17, 15) is 13.2 Å². The minimum absolute atomic E-state index is 0.0248. The fourth-order valence-electron chi connectivity index (χ4n) is 6.73. The summed E-state index contributed by atoms with van der Waals surface area (Å²) in [6, 6.07) is 10.7. The van der Waals surface area contributed by atoms with Gasteiger partial charge in [0, 0.05) is 22.7 Å². The number of nitrogens with one attached hydrogen (secondary N) is 1. The highest BCUT2D eigenvalue weighted by Gasteiger charge is 2.38. The molecule has 0 bridgehead atoms. The Kier molecular flexibility index (Phi) is 9.89. The Morgan fingerprint density at radius 2 is 1.74 bits per heavy atom. The van der Waals surface area contributed by atoms with Crippen molar-refractivity contribution >= 4 is 22.0 Å². The monoisotopic (exact) mass is 664 g/mol. The van der Waals surface area contributed by atoms with Crippen LogP contribution in [0.2, 0.25) is 0 Å². The normalized spacial score (nSPS) is 19.6. The second kappa shape index (κ2) is 13.4. The van der Waals surface area contributed by atoms with Gasteiger partial charge in [0.25, 0.3) is 10.1 Å². The van der Waals surface area contributed by atoms with Crippen molar-refractivity contribution in [2.24, 2.45) is 0 Å². The zero-order valence-electron chi connectivity index (χ0n) is 28.6. The highest BCUT2D eigenvalue weighted by molar-refractivity contribution is 7.86. The molecule has 0 radical (unpaired) electrons. The second-order valence-corrected chi connectivity index (χ2v) is 16.2. The number of nitrogens with two attached hydrogens (primary N) is 1.